The molecule has 4 heteroatoms. The van der Waals surface area contributed by atoms with Crippen LogP contribution < -0.4 is 5.32 Å². The van der Waals surface area contributed by atoms with E-state index in [1.165, 1.54) is 0 Å². The summed E-state index contributed by atoms with van der Waals surface area (Å²) in [6.07, 6.45) is 0. The smallest absolute Gasteiger partial charge is 0.161 e. The minimum absolute atomic E-state index is 0.110. The zero-order chi connectivity index (χ0) is 10.9. The Hall–Kier alpha value is -1.03. The largest absolute Gasteiger partial charge is 0.311 e. The molecule has 14 heavy (non-hydrogen) atoms. The van der Waals surface area contributed by atoms with Crippen LogP contribution in [0.1, 0.15) is 19.4 Å². The quantitative estimate of drug-likeness (QED) is 0.728. The Morgan fingerprint density at radius 3 is 2.00 bits per heavy atom. The highest BCUT2D eigenvalue weighted by molar-refractivity contribution is 5.26. The van der Waals surface area contributed by atoms with Crippen molar-refractivity contribution in [1.82, 2.24) is 5.32 Å². The molecule has 0 unspecified atom stereocenters. The molecule has 0 radical (unpaired) electrons. The van der Waals surface area contributed by atoms with Gasteiger partial charge in [0.1, 0.15) is 5.82 Å². The Kier molecular flexibility index (Phi) is 2.85. The van der Waals surface area contributed by atoms with Crippen LogP contribution in [0.15, 0.2) is 12.1 Å². The molecule has 0 aliphatic rings. The first kappa shape index (κ1) is 11.0. The lowest BCUT2D eigenvalue weighted by Crippen LogP contribution is -2.34. The van der Waals surface area contributed by atoms with Gasteiger partial charge in [-0.15, -0.1) is 0 Å². The molecule has 1 aromatic carbocycles. The van der Waals surface area contributed by atoms with E-state index in [9.17, 15) is 13.2 Å². The van der Waals surface area contributed by atoms with E-state index in [1.807, 2.05) is 0 Å². The van der Waals surface area contributed by atoms with E-state index in [0.717, 1.165) is 6.07 Å². The standard InChI is InChI=1S/C10H12F3N/c1-10(2,14-3)6-4-8(12)9(13)5-7(6)11/h4-5,14H,1-3H3. The molecular weight excluding hydrogens is 191 g/mol. The van der Waals surface area contributed by atoms with Gasteiger partial charge in [0.25, 0.3) is 0 Å². The SMILES string of the molecule is CNC(C)(C)c1cc(F)c(F)cc1F. The van der Waals surface area contributed by atoms with Gasteiger partial charge in [0.05, 0.1) is 0 Å². The summed E-state index contributed by atoms with van der Waals surface area (Å²) in [5.41, 5.74) is -0.613. The normalized spacial score (nSPS) is 11.9. The summed E-state index contributed by atoms with van der Waals surface area (Å²) in [6, 6.07) is 1.44. The zero-order valence-electron chi connectivity index (χ0n) is 8.29. The van der Waals surface area contributed by atoms with Crippen LogP contribution in [0.3, 0.4) is 0 Å². The molecular formula is C10H12F3N. The molecule has 0 atom stereocenters. The summed E-state index contributed by atoms with van der Waals surface area (Å²) in [6.45, 7) is 3.37. The number of rotatable bonds is 2. The second-order valence-electron chi connectivity index (χ2n) is 3.62. The summed E-state index contributed by atoms with van der Waals surface area (Å²) in [4.78, 5) is 0. The van der Waals surface area contributed by atoms with E-state index < -0.39 is 23.0 Å². The topological polar surface area (TPSA) is 12.0 Å². The average Bonchev–Trinajstić information content (AvgIpc) is 2.11. The van der Waals surface area contributed by atoms with E-state index >= 15 is 0 Å². The van der Waals surface area contributed by atoms with Gasteiger partial charge in [-0.3, -0.25) is 0 Å². The van der Waals surface area contributed by atoms with E-state index in [-0.39, 0.29) is 5.56 Å². The van der Waals surface area contributed by atoms with Gasteiger partial charge in [-0.05, 0) is 27.0 Å². The minimum atomic E-state index is -1.17. The van der Waals surface area contributed by atoms with Crippen molar-refractivity contribution in [3.05, 3.63) is 35.1 Å². The fourth-order valence-electron chi connectivity index (χ4n) is 1.14. The van der Waals surface area contributed by atoms with Crippen LogP contribution >= 0.6 is 0 Å². The van der Waals surface area contributed by atoms with Crippen LogP contribution in [0, 0.1) is 17.5 Å². The van der Waals surface area contributed by atoms with Crippen LogP contribution in [0.5, 0.6) is 0 Å². The predicted molar refractivity (Wildman–Crippen MR) is 48.4 cm³/mol. The zero-order valence-corrected chi connectivity index (χ0v) is 8.29. The number of hydrogen-bond donors (Lipinski definition) is 1. The molecule has 0 bridgehead atoms. The second kappa shape index (κ2) is 3.61. The maximum Gasteiger partial charge on any atom is 0.161 e. The first-order chi connectivity index (χ1) is 6.38. The Bertz CT molecular complexity index is 347. The van der Waals surface area contributed by atoms with Crippen molar-refractivity contribution in [2.24, 2.45) is 0 Å². The molecule has 1 N–H and O–H groups in total. The highest BCUT2D eigenvalue weighted by Crippen LogP contribution is 2.24. The lowest BCUT2D eigenvalue weighted by molar-refractivity contribution is 0.407. The molecule has 0 saturated carbocycles. The maximum atomic E-state index is 13.3. The molecule has 0 aromatic heterocycles. The molecule has 0 aliphatic carbocycles. The molecule has 0 fully saturated rings. The van der Waals surface area contributed by atoms with Gasteiger partial charge in [-0.2, -0.15) is 0 Å². The molecule has 0 aliphatic heterocycles. The van der Waals surface area contributed by atoms with Gasteiger partial charge >= 0.3 is 0 Å². The molecule has 0 spiro atoms. The summed E-state index contributed by atoms with van der Waals surface area (Å²) in [5, 5.41) is 2.82. The molecule has 78 valence electrons. The number of benzene rings is 1. The van der Waals surface area contributed by atoms with Crippen LogP contribution in [-0.2, 0) is 5.54 Å². The minimum Gasteiger partial charge on any atom is -0.311 e. The van der Waals surface area contributed by atoms with E-state index in [1.54, 1.807) is 20.9 Å². The summed E-state index contributed by atoms with van der Waals surface area (Å²) < 4.78 is 38.7. The maximum absolute atomic E-state index is 13.3. The van der Waals surface area contributed by atoms with Gasteiger partial charge in [-0.25, -0.2) is 13.2 Å². The van der Waals surface area contributed by atoms with Gasteiger partial charge < -0.3 is 5.32 Å². The molecule has 0 amide bonds. The Labute approximate surface area is 80.9 Å². The molecule has 1 rings (SSSR count). The lowest BCUT2D eigenvalue weighted by atomic mass is 9.94. The summed E-state index contributed by atoms with van der Waals surface area (Å²) >= 11 is 0. The third-order valence-electron chi connectivity index (χ3n) is 2.31. The van der Waals surface area contributed by atoms with Gasteiger partial charge in [-0.1, -0.05) is 0 Å². The third kappa shape index (κ3) is 1.90. The van der Waals surface area contributed by atoms with Crippen LogP contribution in [0.4, 0.5) is 13.2 Å². The van der Waals surface area contributed by atoms with Crippen LogP contribution in [-0.4, -0.2) is 7.05 Å². The monoisotopic (exact) mass is 203 g/mol. The molecule has 1 nitrogen and oxygen atoms in total. The lowest BCUT2D eigenvalue weighted by Gasteiger charge is -2.25. The highest BCUT2D eigenvalue weighted by Gasteiger charge is 2.23. The number of nitrogens with one attached hydrogen (secondary N) is 1. The predicted octanol–water partition coefficient (Wildman–Crippen LogP) is 2.56. The number of halogens is 3. The summed E-state index contributed by atoms with van der Waals surface area (Å²) in [5.74, 6) is -2.95. The fourth-order valence-corrected chi connectivity index (χ4v) is 1.14. The highest BCUT2D eigenvalue weighted by atomic mass is 19.2. The van der Waals surface area contributed by atoms with Crippen molar-refractivity contribution >= 4 is 0 Å². The van der Waals surface area contributed by atoms with Gasteiger partial charge in [0.2, 0.25) is 0 Å². The average molecular weight is 203 g/mol. The third-order valence-corrected chi connectivity index (χ3v) is 2.31. The van der Waals surface area contributed by atoms with Crippen LogP contribution in [0.2, 0.25) is 0 Å². The molecule has 0 heterocycles. The van der Waals surface area contributed by atoms with Crippen molar-refractivity contribution < 1.29 is 13.2 Å². The van der Waals surface area contributed by atoms with Crippen LogP contribution in [0.25, 0.3) is 0 Å². The van der Waals surface area contributed by atoms with Gasteiger partial charge in [0, 0.05) is 17.2 Å². The fraction of sp³-hybridized carbons (Fsp3) is 0.400. The first-order valence-corrected chi connectivity index (χ1v) is 4.22. The Morgan fingerprint density at radius 2 is 1.50 bits per heavy atom. The Morgan fingerprint density at radius 1 is 1.00 bits per heavy atom. The van der Waals surface area contributed by atoms with E-state index in [4.69, 9.17) is 0 Å². The van der Waals surface area contributed by atoms with Crippen molar-refractivity contribution in [3.63, 3.8) is 0 Å². The second-order valence-corrected chi connectivity index (χ2v) is 3.62. The van der Waals surface area contributed by atoms with Crippen molar-refractivity contribution in [3.8, 4) is 0 Å². The van der Waals surface area contributed by atoms with Gasteiger partial charge in [0.15, 0.2) is 11.6 Å². The number of hydrogen-bond acceptors (Lipinski definition) is 1. The van der Waals surface area contributed by atoms with Crippen molar-refractivity contribution in [2.45, 2.75) is 19.4 Å². The van der Waals surface area contributed by atoms with Crippen molar-refractivity contribution in [1.29, 1.82) is 0 Å². The summed E-state index contributed by atoms with van der Waals surface area (Å²) in [7, 11) is 1.63. The molecule has 0 saturated heterocycles. The van der Waals surface area contributed by atoms with E-state index in [0.29, 0.717) is 6.07 Å². The first-order valence-electron chi connectivity index (χ1n) is 4.22. The van der Waals surface area contributed by atoms with Crippen molar-refractivity contribution in [2.75, 3.05) is 7.05 Å². The molecule has 1 aromatic rings. The Balaban J connectivity index is 3.29. The van der Waals surface area contributed by atoms with E-state index in [2.05, 4.69) is 5.32 Å².